The maximum absolute atomic E-state index is 5.00. The first-order valence-corrected chi connectivity index (χ1v) is 9.45. The van der Waals surface area contributed by atoms with Crippen LogP contribution in [0.3, 0.4) is 0 Å². The highest BCUT2D eigenvalue weighted by Gasteiger charge is 2.17. The Morgan fingerprint density at radius 1 is 0.692 bits per heavy atom. The Bertz CT molecular complexity index is 1110. The Labute approximate surface area is 155 Å². The molecule has 0 fully saturated rings. The van der Waals surface area contributed by atoms with Gasteiger partial charge in [0.05, 0.1) is 16.3 Å². The van der Waals surface area contributed by atoms with Gasteiger partial charge in [-0.2, -0.15) is 0 Å². The van der Waals surface area contributed by atoms with E-state index in [0.29, 0.717) is 0 Å². The zero-order chi connectivity index (χ0) is 17.3. The second-order valence-electron chi connectivity index (χ2n) is 6.19. The van der Waals surface area contributed by atoms with E-state index in [1.807, 2.05) is 12.1 Å². The number of H-pyrrole nitrogens is 1. The highest BCUT2D eigenvalue weighted by atomic mass is 32.1. The van der Waals surface area contributed by atoms with Gasteiger partial charge >= 0.3 is 0 Å². The minimum atomic E-state index is 0.925. The largest absolute Gasteiger partial charge is 0.337 e. The molecule has 5 rings (SSSR count). The van der Waals surface area contributed by atoms with Crippen molar-refractivity contribution in [2.24, 2.45) is 0 Å². The standard InChI is InChI=1S/C23H16N2S/c1-3-9-16(10-4-1)20-21(17-11-5-2-6-12-17)25-23(24-20)22-19-14-8-7-13-18(19)15-26-22/h1-15H,(H,24,25). The molecule has 0 aliphatic rings. The number of thiophene rings is 1. The van der Waals surface area contributed by atoms with Crippen molar-refractivity contribution in [3.8, 4) is 33.2 Å². The molecule has 2 aromatic heterocycles. The summed E-state index contributed by atoms with van der Waals surface area (Å²) in [4.78, 5) is 9.78. The van der Waals surface area contributed by atoms with Gasteiger partial charge in [-0.1, -0.05) is 84.9 Å². The molecule has 3 heteroatoms. The maximum atomic E-state index is 5.00. The first-order valence-electron chi connectivity index (χ1n) is 8.57. The fourth-order valence-corrected chi connectivity index (χ4v) is 4.25. The zero-order valence-corrected chi connectivity index (χ0v) is 14.8. The quantitative estimate of drug-likeness (QED) is 0.388. The number of hydrogen-bond acceptors (Lipinski definition) is 2. The van der Waals surface area contributed by atoms with Crippen LogP contribution in [-0.2, 0) is 0 Å². The first kappa shape index (κ1) is 15.1. The van der Waals surface area contributed by atoms with Gasteiger partial charge < -0.3 is 4.98 Å². The summed E-state index contributed by atoms with van der Waals surface area (Å²) in [5.74, 6) is 0.925. The number of nitrogens with one attached hydrogen (secondary N) is 1. The van der Waals surface area contributed by atoms with E-state index >= 15 is 0 Å². The van der Waals surface area contributed by atoms with Crippen molar-refractivity contribution in [3.63, 3.8) is 0 Å². The van der Waals surface area contributed by atoms with Gasteiger partial charge in [0.2, 0.25) is 0 Å². The zero-order valence-electron chi connectivity index (χ0n) is 14.0. The molecule has 0 unspecified atom stereocenters. The molecule has 124 valence electrons. The average molecular weight is 352 g/mol. The number of benzene rings is 3. The lowest BCUT2D eigenvalue weighted by Crippen LogP contribution is -1.82. The van der Waals surface area contributed by atoms with Crippen LogP contribution in [0.2, 0.25) is 0 Å². The summed E-state index contributed by atoms with van der Waals surface area (Å²) in [6.45, 7) is 0. The predicted molar refractivity (Wildman–Crippen MR) is 110 cm³/mol. The number of fused-ring (bicyclic) bond motifs is 1. The number of imidazole rings is 1. The summed E-state index contributed by atoms with van der Waals surface area (Å²) in [6, 6.07) is 29.2. The van der Waals surface area contributed by atoms with Gasteiger partial charge in [-0.05, 0) is 10.8 Å². The Morgan fingerprint density at radius 3 is 2.12 bits per heavy atom. The topological polar surface area (TPSA) is 28.7 Å². The molecule has 0 radical (unpaired) electrons. The molecule has 26 heavy (non-hydrogen) atoms. The number of nitrogens with zero attached hydrogens (tertiary/aromatic N) is 1. The average Bonchev–Trinajstić information content (AvgIpc) is 3.34. The number of hydrogen-bond donors (Lipinski definition) is 1. The normalized spacial score (nSPS) is 11.1. The fourth-order valence-electron chi connectivity index (χ4n) is 3.28. The van der Waals surface area contributed by atoms with Crippen molar-refractivity contribution in [1.82, 2.24) is 9.97 Å². The molecular formula is C23H16N2S. The lowest BCUT2D eigenvalue weighted by molar-refractivity contribution is 1.33. The minimum absolute atomic E-state index is 0.925. The van der Waals surface area contributed by atoms with Crippen LogP contribution < -0.4 is 0 Å². The van der Waals surface area contributed by atoms with E-state index in [4.69, 9.17) is 4.98 Å². The molecule has 0 saturated heterocycles. The molecule has 0 aliphatic carbocycles. The van der Waals surface area contributed by atoms with Gasteiger partial charge in [0.25, 0.3) is 0 Å². The Balaban J connectivity index is 1.75. The van der Waals surface area contributed by atoms with E-state index in [9.17, 15) is 0 Å². The Morgan fingerprint density at radius 2 is 1.35 bits per heavy atom. The van der Waals surface area contributed by atoms with E-state index in [1.165, 1.54) is 15.6 Å². The van der Waals surface area contributed by atoms with Crippen LogP contribution in [0.5, 0.6) is 0 Å². The molecule has 0 spiro atoms. The minimum Gasteiger partial charge on any atom is -0.337 e. The maximum Gasteiger partial charge on any atom is 0.149 e. The van der Waals surface area contributed by atoms with Gasteiger partial charge in [-0.3, -0.25) is 0 Å². The van der Waals surface area contributed by atoms with E-state index in [0.717, 1.165) is 28.3 Å². The third kappa shape index (κ3) is 2.54. The van der Waals surface area contributed by atoms with E-state index in [-0.39, 0.29) is 0 Å². The van der Waals surface area contributed by atoms with Crippen LogP contribution >= 0.6 is 11.3 Å². The van der Waals surface area contributed by atoms with E-state index in [2.05, 4.69) is 83.2 Å². The lowest BCUT2D eigenvalue weighted by atomic mass is 10.1. The van der Waals surface area contributed by atoms with Crippen LogP contribution in [-0.4, -0.2) is 9.97 Å². The first-order chi connectivity index (χ1) is 12.9. The molecule has 1 N–H and O–H groups in total. The summed E-state index contributed by atoms with van der Waals surface area (Å²) in [7, 11) is 0. The SMILES string of the molecule is c1ccc(-c2nc(-c3scc4ccccc34)[nH]c2-c2ccccc2)cc1. The van der Waals surface area contributed by atoms with Crippen molar-refractivity contribution in [2.75, 3.05) is 0 Å². The molecule has 3 aromatic carbocycles. The molecule has 2 nitrogen and oxygen atoms in total. The van der Waals surface area contributed by atoms with Crippen molar-refractivity contribution < 1.29 is 0 Å². The molecule has 0 saturated carbocycles. The summed E-state index contributed by atoms with van der Waals surface area (Å²) >= 11 is 1.73. The highest BCUT2D eigenvalue weighted by molar-refractivity contribution is 7.15. The van der Waals surface area contributed by atoms with Crippen molar-refractivity contribution >= 4 is 22.1 Å². The number of aromatic nitrogens is 2. The van der Waals surface area contributed by atoms with Gasteiger partial charge in [0.15, 0.2) is 0 Å². The van der Waals surface area contributed by atoms with Crippen LogP contribution in [0.25, 0.3) is 44.0 Å². The second-order valence-corrected chi connectivity index (χ2v) is 7.07. The van der Waals surface area contributed by atoms with Crippen LogP contribution in [0.1, 0.15) is 0 Å². The molecule has 0 aliphatic heterocycles. The molecule has 0 bridgehead atoms. The van der Waals surface area contributed by atoms with Crippen LogP contribution in [0.4, 0.5) is 0 Å². The third-order valence-corrected chi connectivity index (χ3v) is 5.56. The summed E-state index contributed by atoms with van der Waals surface area (Å²) in [5, 5.41) is 4.69. The summed E-state index contributed by atoms with van der Waals surface area (Å²) in [6.07, 6.45) is 0. The molecule has 0 atom stereocenters. The van der Waals surface area contributed by atoms with Gasteiger partial charge in [-0.25, -0.2) is 4.98 Å². The van der Waals surface area contributed by atoms with Gasteiger partial charge in [0.1, 0.15) is 5.82 Å². The fraction of sp³-hybridized carbons (Fsp3) is 0. The highest BCUT2D eigenvalue weighted by Crippen LogP contribution is 2.38. The molecule has 0 amide bonds. The van der Waals surface area contributed by atoms with Crippen molar-refractivity contribution in [1.29, 1.82) is 0 Å². The van der Waals surface area contributed by atoms with Gasteiger partial charge in [-0.15, -0.1) is 11.3 Å². The van der Waals surface area contributed by atoms with Crippen molar-refractivity contribution in [2.45, 2.75) is 0 Å². The summed E-state index contributed by atoms with van der Waals surface area (Å²) in [5.41, 5.74) is 4.31. The van der Waals surface area contributed by atoms with E-state index < -0.39 is 0 Å². The Kier molecular flexibility index (Phi) is 3.65. The molecular weight excluding hydrogens is 336 g/mol. The van der Waals surface area contributed by atoms with E-state index in [1.54, 1.807) is 11.3 Å². The Hall–Kier alpha value is -3.17. The molecule has 2 heterocycles. The number of rotatable bonds is 3. The number of aromatic amines is 1. The molecule has 5 aromatic rings. The lowest BCUT2D eigenvalue weighted by Gasteiger charge is -2.02. The van der Waals surface area contributed by atoms with Gasteiger partial charge in [0, 0.05) is 16.5 Å². The smallest absolute Gasteiger partial charge is 0.149 e. The predicted octanol–water partition coefficient (Wildman–Crippen LogP) is 6.63. The van der Waals surface area contributed by atoms with Crippen molar-refractivity contribution in [3.05, 3.63) is 90.3 Å². The third-order valence-electron chi connectivity index (χ3n) is 4.54. The summed E-state index contributed by atoms with van der Waals surface area (Å²) < 4.78 is 0. The van der Waals surface area contributed by atoms with Crippen LogP contribution in [0, 0.1) is 0 Å². The monoisotopic (exact) mass is 352 g/mol. The van der Waals surface area contributed by atoms with Crippen LogP contribution in [0.15, 0.2) is 90.3 Å². The second kappa shape index (κ2) is 6.28.